The number of nitrogens with zero attached hydrogens (tertiary/aromatic N) is 3. The van der Waals surface area contributed by atoms with Crippen molar-refractivity contribution in [3.63, 3.8) is 0 Å². The number of amides is 1. The number of pyridine rings is 2. The number of alkyl halides is 4. The molecule has 0 radical (unpaired) electrons. The minimum Gasteiger partial charge on any atom is -0.461 e. The van der Waals surface area contributed by atoms with Gasteiger partial charge in [0.25, 0.3) is 5.91 Å². The van der Waals surface area contributed by atoms with Gasteiger partial charge < -0.3 is 24.4 Å². The van der Waals surface area contributed by atoms with Gasteiger partial charge in [-0.1, -0.05) is 0 Å². The fraction of sp³-hybridized carbons (Fsp3) is 0.500. The van der Waals surface area contributed by atoms with E-state index < -0.39 is 35.1 Å². The minimum absolute atomic E-state index is 0.0923. The molecule has 1 amide bonds. The van der Waals surface area contributed by atoms with E-state index in [2.05, 4.69) is 51.9 Å². The number of hydrogen-bond acceptors (Lipinski definition) is 8. The molecule has 0 unspecified atom stereocenters. The van der Waals surface area contributed by atoms with Crippen LogP contribution in [0.1, 0.15) is 18.3 Å². The van der Waals surface area contributed by atoms with Crippen LogP contribution in [-0.4, -0.2) is 86.0 Å². The number of rotatable bonds is 5. The van der Waals surface area contributed by atoms with Crippen LogP contribution in [0.15, 0.2) is 45.6 Å². The minimum atomic E-state index is -3.70. The Balaban J connectivity index is 0.000000228. The van der Waals surface area contributed by atoms with Gasteiger partial charge in [-0.2, -0.15) is 17.6 Å². The van der Waals surface area contributed by atoms with Crippen molar-refractivity contribution in [3.8, 4) is 0 Å². The predicted molar refractivity (Wildman–Crippen MR) is 139 cm³/mol. The van der Waals surface area contributed by atoms with Gasteiger partial charge >= 0.3 is 17.8 Å². The molecule has 4 heterocycles. The first-order valence-electron chi connectivity index (χ1n) is 11.8. The largest absolute Gasteiger partial charge is 0.461 e. The maximum absolute atomic E-state index is 14.0. The summed E-state index contributed by atoms with van der Waals surface area (Å²) in [6.45, 7) is 6.15. The lowest BCUT2D eigenvalue weighted by atomic mass is 10.2. The Labute approximate surface area is 239 Å². The van der Waals surface area contributed by atoms with Crippen LogP contribution in [0.25, 0.3) is 0 Å². The van der Waals surface area contributed by atoms with E-state index in [4.69, 9.17) is 9.47 Å². The predicted octanol–water partition coefficient (Wildman–Crippen LogP) is 3.90. The first-order chi connectivity index (χ1) is 18.5. The van der Waals surface area contributed by atoms with E-state index in [0.717, 1.165) is 43.3 Å². The third-order valence-corrected chi connectivity index (χ3v) is 5.98. The molecule has 0 aromatic carbocycles. The average Bonchev–Trinajstić information content (AvgIpc) is 2.95. The number of aromatic nitrogens is 2. The van der Waals surface area contributed by atoms with Crippen LogP contribution in [0.5, 0.6) is 0 Å². The second-order valence-corrected chi connectivity index (χ2v) is 9.69. The van der Waals surface area contributed by atoms with Gasteiger partial charge in [0.05, 0.1) is 33.0 Å². The van der Waals surface area contributed by atoms with Gasteiger partial charge in [0, 0.05) is 47.5 Å². The second kappa shape index (κ2) is 16.2. The van der Waals surface area contributed by atoms with Crippen LogP contribution in [-0.2, 0) is 35.6 Å². The van der Waals surface area contributed by atoms with Gasteiger partial charge in [-0.15, -0.1) is 0 Å². The molecule has 2 saturated heterocycles. The summed E-state index contributed by atoms with van der Waals surface area (Å²) in [6.07, 6.45) is 2.44. The van der Waals surface area contributed by atoms with E-state index in [1.165, 1.54) is 31.5 Å². The van der Waals surface area contributed by atoms with Gasteiger partial charge in [-0.3, -0.25) is 14.8 Å². The number of morpholine rings is 2. The Morgan fingerprint density at radius 2 is 1.38 bits per heavy atom. The number of hydrogen-bond donors (Lipinski definition) is 1. The molecule has 1 N–H and O–H groups in total. The van der Waals surface area contributed by atoms with Crippen LogP contribution in [0, 0.1) is 0 Å². The van der Waals surface area contributed by atoms with Crippen LogP contribution in [0.4, 0.5) is 17.6 Å². The monoisotopic (exact) mass is 686 g/mol. The normalized spacial score (nSPS) is 15.7. The SMILES string of the molecule is C1COCCN1.CCOC(=O)C(F)(F)c1ccc(Br)cn1.O=C(N1CCOCC1)C(F)(F)c1ccc(Br)cn1. The quantitative estimate of drug-likeness (QED) is 0.373. The summed E-state index contributed by atoms with van der Waals surface area (Å²) in [5.74, 6) is -10.1. The first-order valence-corrected chi connectivity index (χ1v) is 13.4. The van der Waals surface area contributed by atoms with Crippen molar-refractivity contribution in [3.05, 3.63) is 57.0 Å². The molecule has 0 bridgehead atoms. The number of halogens is 6. The topological polar surface area (TPSA) is 103 Å². The zero-order chi connectivity index (χ0) is 28.9. The lowest BCUT2D eigenvalue weighted by Crippen LogP contribution is -2.47. The molecule has 0 saturated carbocycles. The fourth-order valence-electron chi connectivity index (χ4n) is 3.04. The van der Waals surface area contributed by atoms with Crippen molar-refractivity contribution >= 4 is 43.7 Å². The highest BCUT2D eigenvalue weighted by Crippen LogP contribution is 2.30. The highest BCUT2D eigenvalue weighted by atomic mass is 79.9. The molecule has 2 fully saturated rings. The molecule has 4 rings (SSSR count). The molecule has 39 heavy (non-hydrogen) atoms. The van der Waals surface area contributed by atoms with E-state index >= 15 is 0 Å². The molecule has 2 aromatic rings. The van der Waals surface area contributed by atoms with E-state index in [9.17, 15) is 27.2 Å². The van der Waals surface area contributed by atoms with Crippen molar-refractivity contribution < 1.29 is 41.4 Å². The molecule has 2 aliphatic heterocycles. The second-order valence-electron chi connectivity index (χ2n) is 7.86. The fourth-order valence-corrected chi connectivity index (χ4v) is 3.51. The standard InChI is InChI=1S/C11H11BrF2N2O2.C9H8BrF2NO2.C4H9NO/c12-8-1-2-9(15-7-8)11(13,14)10(17)16-3-5-18-6-4-16;1-2-15-8(14)9(11,12)7-4-3-6(10)5-13-7;1-3-6-4-2-5-1/h1-2,7H,3-6H2;3-5H,2H2,1H3;5H,1-4H2. The number of esters is 1. The van der Waals surface area contributed by atoms with Crippen LogP contribution >= 0.6 is 31.9 Å². The zero-order valence-corrected chi connectivity index (χ0v) is 24.2. The summed E-state index contributed by atoms with van der Waals surface area (Å²) in [5, 5.41) is 3.16. The molecule has 2 aromatic heterocycles. The third kappa shape index (κ3) is 10.4. The maximum atomic E-state index is 14.0. The zero-order valence-electron chi connectivity index (χ0n) is 21.0. The molecular weight excluding hydrogens is 660 g/mol. The van der Waals surface area contributed by atoms with E-state index in [0.29, 0.717) is 8.95 Å². The van der Waals surface area contributed by atoms with Gasteiger partial charge in [-0.05, 0) is 63.0 Å². The Hall–Kier alpha value is -2.20. The Morgan fingerprint density at radius 3 is 1.77 bits per heavy atom. The highest BCUT2D eigenvalue weighted by Gasteiger charge is 2.46. The Kier molecular flexibility index (Phi) is 13.7. The smallest absolute Gasteiger partial charge is 0.384 e. The van der Waals surface area contributed by atoms with Crippen molar-refractivity contribution in [1.29, 1.82) is 0 Å². The molecular formula is C24H28Br2F4N4O5. The number of ether oxygens (including phenoxy) is 3. The maximum Gasteiger partial charge on any atom is 0.384 e. The van der Waals surface area contributed by atoms with E-state index in [1.54, 1.807) is 0 Å². The molecule has 0 aliphatic carbocycles. The van der Waals surface area contributed by atoms with Gasteiger partial charge in [0.2, 0.25) is 0 Å². The summed E-state index contributed by atoms with van der Waals surface area (Å²) in [6, 6.07) is 5.03. The Bertz CT molecular complexity index is 1030. The molecule has 9 nitrogen and oxygen atoms in total. The van der Waals surface area contributed by atoms with Crippen molar-refractivity contribution in [2.75, 3.05) is 59.2 Å². The number of carbonyl (C=O) groups excluding carboxylic acids is 2. The molecule has 2 aliphatic rings. The van der Waals surface area contributed by atoms with Gasteiger partial charge in [-0.25, -0.2) is 4.79 Å². The van der Waals surface area contributed by atoms with Crippen LogP contribution in [0.3, 0.4) is 0 Å². The summed E-state index contributed by atoms with van der Waals surface area (Å²) in [7, 11) is 0. The lowest BCUT2D eigenvalue weighted by molar-refractivity contribution is -0.173. The van der Waals surface area contributed by atoms with E-state index in [-0.39, 0.29) is 32.9 Å². The van der Waals surface area contributed by atoms with Crippen molar-refractivity contribution in [2.24, 2.45) is 0 Å². The highest BCUT2D eigenvalue weighted by molar-refractivity contribution is 9.10. The molecule has 15 heteroatoms. The van der Waals surface area contributed by atoms with Gasteiger partial charge in [0.15, 0.2) is 0 Å². The van der Waals surface area contributed by atoms with E-state index in [1.807, 2.05) is 0 Å². The summed E-state index contributed by atoms with van der Waals surface area (Å²) in [4.78, 5) is 30.9. The lowest BCUT2D eigenvalue weighted by Gasteiger charge is -2.29. The third-order valence-electron chi connectivity index (χ3n) is 5.04. The molecule has 0 spiro atoms. The first kappa shape index (κ1) is 33.0. The van der Waals surface area contributed by atoms with Gasteiger partial charge in [0.1, 0.15) is 11.4 Å². The summed E-state index contributed by atoms with van der Waals surface area (Å²) >= 11 is 6.16. The summed E-state index contributed by atoms with van der Waals surface area (Å²) < 4.78 is 70.0. The molecule has 0 atom stereocenters. The van der Waals surface area contributed by atoms with Crippen LogP contribution in [0.2, 0.25) is 0 Å². The summed E-state index contributed by atoms with van der Waals surface area (Å²) in [5.41, 5.74) is -1.16. The number of carbonyl (C=O) groups is 2. The average molecular weight is 688 g/mol. The number of nitrogens with one attached hydrogen (secondary N) is 1. The molecule has 216 valence electrons. The Morgan fingerprint density at radius 1 is 0.897 bits per heavy atom. The van der Waals surface area contributed by atoms with Crippen molar-refractivity contribution in [2.45, 2.75) is 18.8 Å². The van der Waals surface area contributed by atoms with Crippen LogP contribution < -0.4 is 5.32 Å². The van der Waals surface area contributed by atoms with Crippen molar-refractivity contribution in [1.82, 2.24) is 20.2 Å².